The van der Waals surface area contributed by atoms with Crippen molar-refractivity contribution in [2.75, 3.05) is 4.90 Å². The van der Waals surface area contributed by atoms with E-state index in [2.05, 4.69) is 143 Å². The van der Waals surface area contributed by atoms with E-state index in [0.29, 0.717) is 0 Å². The molecule has 0 radical (unpaired) electrons. The Morgan fingerprint density at radius 2 is 1.11 bits per heavy atom. The van der Waals surface area contributed by atoms with Crippen LogP contribution in [0.2, 0.25) is 0 Å². The summed E-state index contributed by atoms with van der Waals surface area (Å²) in [5.41, 5.74) is 9.29. The number of anilines is 3. The summed E-state index contributed by atoms with van der Waals surface area (Å²) in [4.78, 5) is 2.28. The molecule has 11 rings (SSSR count). The third-order valence-corrected chi connectivity index (χ3v) is 11.3. The predicted molar refractivity (Wildman–Crippen MR) is 230 cm³/mol. The van der Waals surface area contributed by atoms with Gasteiger partial charge in [-0.2, -0.15) is 0 Å². The second-order valence-corrected chi connectivity index (χ2v) is 14.1. The van der Waals surface area contributed by atoms with Crippen LogP contribution in [-0.2, 0) is 5.41 Å². The minimum atomic E-state index is -1.29. The smallest absolute Gasteiger partial charge is 0.0714 e. The van der Waals surface area contributed by atoms with Gasteiger partial charge in [-0.05, 0) is 93.4 Å². The zero-order valence-electron chi connectivity index (χ0n) is 34.8. The first-order valence-electron chi connectivity index (χ1n) is 21.1. The maximum atomic E-state index is 9.61. The molecule has 0 spiro atoms. The van der Waals surface area contributed by atoms with Crippen molar-refractivity contribution in [3.05, 3.63) is 241 Å². The molecule has 2 heteroatoms. The fourth-order valence-electron chi connectivity index (χ4n) is 9.04. The molecule has 0 saturated heterocycles. The topological polar surface area (TPSA) is 8.17 Å². The summed E-state index contributed by atoms with van der Waals surface area (Å²) in [7, 11) is 0. The number of benzene rings is 9. The van der Waals surface area contributed by atoms with E-state index in [1.165, 1.54) is 0 Å². The first-order valence-corrected chi connectivity index (χ1v) is 18.6. The number of rotatable bonds is 6. The van der Waals surface area contributed by atoms with Crippen LogP contribution in [0.3, 0.4) is 0 Å². The lowest BCUT2D eigenvalue weighted by Gasteiger charge is -2.34. The summed E-state index contributed by atoms with van der Waals surface area (Å²) >= 11 is 0. The third kappa shape index (κ3) is 4.68. The fraction of sp³-hybridized carbons (Fsp3) is 0.0189. The average molecular weight is 706 g/mol. The van der Waals surface area contributed by atoms with Crippen LogP contribution in [0.15, 0.2) is 218 Å². The quantitative estimate of drug-likeness (QED) is 0.167. The Bertz CT molecular complexity index is 3310. The van der Waals surface area contributed by atoms with Crippen LogP contribution in [-0.4, -0.2) is 4.57 Å². The van der Waals surface area contributed by atoms with Crippen LogP contribution in [0.1, 0.15) is 29.1 Å². The van der Waals surface area contributed by atoms with Gasteiger partial charge in [-0.3, -0.25) is 0 Å². The van der Waals surface area contributed by atoms with Gasteiger partial charge < -0.3 is 9.47 Å². The number of fused-ring (bicyclic) bond motifs is 7. The zero-order valence-corrected chi connectivity index (χ0v) is 29.8. The van der Waals surface area contributed by atoms with Gasteiger partial charge >= 0.3 is 0 Å². The number of hydrogen-bond acceptors (Lipinski definition) is 1. The second kappa shape index (κ2) is 12.5. The van der Waals surface area contributed by atoms with Gasteiger partial charge in [0.2, 0.25) is 0 Å². The van der Waals surface area contributed by atoms with Crippen molar-refractivity contribution in [1.82, 2.24) is 4.57 Å². The van der Waals surface area contributed by atoms with E-state index in [1.807, 2.05) is 54.6 Å². The fourth-order valence-corrected chi connectivity index (χ4v) is 9.04. The van der Waals surface area contributed by atoms with Gasteiger partial charge in [-0.15, -0.1) is 0 Å². The zero-order chi connectivity index (χ0) is 40.7. The van der Waals surface area contributed by atoms with E-state index < -0.39 is 11.5 Å². The maximum absolute atomic E-state index is 9.61. The average Bonchev–Trinajstić information content (AvgIpc) is 3.79. The molecule has 1 aromatic heterocycles. The van der Waals surface area contributed by atoms with Gasteiger partial charge in [0.1, 0.15) is 0 Å². The monoisotopic (exact) mass is 705 g/mol. The first kappa shape index (κ1) is 26.6. The molecule has 0 fully saturated rings. The molecular weight excluding hydrogens is 665 g/mol. The first-order chi connectivity index (χ1) is 29.4. The Labute approximate surface area is 327 Å². The van der Waals surface area contributed by atoms with E-state index in [9.17, 15) is 2.74 Å². The van der Waals surface area contributed by atoms with Crippen molar-refractivity contribution in [1.29, 1.82) is 0 Å². The SMILES string of the molecule is [2H]c1c([2H])c([2H])c(C2(c3ccc4c5ccccc5n(-c5ccccc5)c4c3)c3ccccc3-c3cc(N(c4ccccc4)c4cccc5ccccc45)ccc32)c([2H])c1[2H]. The molecule has 10 aromatic rings. The molecule has 1 aliphatic carbocycles. The molecule has 0 bridgehead atoms. The Morgan fingerprint density at radius 3 is 1.96 bits per heavy atom. The number of aromatic nitrogens is 1. The standard InChI is InChI=1S/C53H36N2/c1-4-19-38(20-5-1)53(39-31-33-46-45-27-13-15-29-51(45)55(52(46)35-39)41-23-8-3-9-24-41)48-28-14-12-26-44(48)47-36-42(32-34-49(47)53)54(40-21-6-2-7-22-40)50-30-16-18-37-17-10-11-25-43(37)50/h1-36H/i1D,4D,5D,19D,20D. The molecule has 2 nitrogen and oxygen atoms in total. The Balaban J connectivity index is 1.26. The summed E-state index contributed by atoms with van der Waals surface area (Å²) in [6.45, 7) is 0. The minimum absolute atomic E-state index is 0.224. The van der Waals surface area contributed by atoms with Crippen molar-refractivity contribution in [3.8, 4) is 16.8 Å². The molecule has 0 aliphatic heterocycles. The number of nitrogens with zero attached hydrogens (tertiary/aromatic N) is 2. The van der Waals surface area contributed by atoms with E-state index in [-0.39, 0.29) is 29.7 Å². The van der Waals surface area contributed by atoms with Gasteiger partial charge in [0.05, 0.1) is 29.0 Å². The molecular formula is C53H36N2. The van der Waals surface area contributed by atoms with Crippen LogP contribution in [0.4, 0.5) is 17.1 Å². The lowest BCUT2D eigenvalue weighted by molar-refractivity contribution is 0.769. The van der Waals surface area contributed by atoms with Crippen molar-refractivity contribution in [2.45, 2.75) is 5.41 Å². The Morgan fingerprint density at radius 1 is 0.436 bits per heavy atom. The van der Waals surface area contributed by atoms with Gasteiger partial charge in [0, 0.05) is 33.2 Å². The third-order valence-electron chi connectivity index (χ3n) is 11.3. The van der Waals surface area contributed by atoms with Gasteiger partial charge in [-0.1, -0.05) is 164 Å². The van der Waals surface area contributed by atoms with Crippen molar-refractivity contribution in [2.24, 2.45) is 0 Å². The predicted octanol–water partition coefficient (Wildman–Crippen LogP) is 13.8. The Hall–Kier alpha value is -7.16. The van der Waals surface area contributed by atoms with Crippen LogP contribution in [0.25, 0.3) is 49.4 Å². The van der Waals surface area contributed by atoms with E-state index in [1.54, 1.807) is 0 Å². The second-order valence-electron chi connectivity index (χ2n) is 14.1. The van der Waals surface area contributed by atoms with Crippen LogP contribution in [0.5, 0.6) is 0 Å². The molecule has 1 atom stereocenters. The van der Waals surface area contributed by atoms with Crippen molar-refractivity contribution in [3.63, 3.8) is 0 Å². The molecule has 9 aromatic carbocycles. The molecule has 0 amide bonds. The van der Waals surface area contributed by atoms with E-state index in [4.69, 9.17) is 4.11 Å². The normalized spacial score (nSPS) is 15.9. The summed E-state index contributed by atoms with van der Waals surface area (Å²) < 4.78 is 48.1. The number of para-hydroxylation sites is 3. The van der Waals surface area contributed by atoms with E-state index in [0.717, 1.165) is 83.1 Å². The largest absolute Gasteiger partial charge is 0.310 e. The highest BCUT2D eigenvalue weighted by atomic mass is 15.1. The van der Waals surface area contributed by atoms with Gasteiger partial charge in [-0.25, -0.2) is 0 Å². The Kier molecular flexibility index (Phi) is 6.03. The summed E-state index contributed by atoms with van der Waals surface area (Å²) in [5.74, 6) is 0. The van der Waals surface area contributed by atoms with Crippen LogP contribution in [0, 0.1) is 0 Å². The van der Waals surface area contributed by atoms with Crippen molar-refractivity contribution >= 4 is 49.6 Å². The molecule has 0 saturated carbocycles. The molecule has 1 aliphatic rings. The molecule has 1 heterocycles. The molecule has 0 N–H and O–H groups in total. The summed E-state index contributed by atoms with van der Waals surface area (Å²) in [6.07, 6.45) is 0. The van der Waals surface area contributed by atoms with Crippen LogP contribution >= 0.6 is 0 Å². The summed E-state index contributed by atoms with van der Waals surface area (Å²) in [5, 5.41) is 4.40. The van der Waals surface area contributed by atoms with Gasteiger partial charge in [0.15, 0.2) is 0 Å². The molecule has 1 unspecified atom stereocenters. The van der Waals surface area contributed by atoms with Gasteiger partial charge in [0.25, 0.3) is 0 Å². The van der Waals surface area contributed by atoms with Crippen molar-refractivity contribution < 1.29 is 6.85 Å². The highest BCUT2D eigenvalue weighted by Gasteiger charge is 2.46. The highest BCUT2D eigenvalue weighted by Crippen LogP contribution is 2.57. The molecule has 258 valence electrons. The lowest BCUT2D eigenvalue weighted by atomic mass is 9.67. The minimum Gasteiger partial charge on any atom is -0.310 e. The number of hydrogen-bond donors (Lipinski definition) is 0. The maximum Gasteiger partial charge on any atom is 0.0714 e. The highest BCUT2D eigenvalue weighted by molar-refractivity contribution is 6.10. The summed E-state index contributed by atoms with van der Waals surface area (Å²) in [6, 6.07) is 63.2. The lowest BCUT2D eigenvalue weighted by Crippen LogP contribution is -2.28. The molecule has 55 heavy (non-hydrogen) atoms. The van der Waals surface area contributed by atoms with Crippen LogP contribution < -0.4 is 4.90 Å². The van der Waals surface area contributed by atoms with E-state index >= 15 is 0 Å².